The van der Waals surface area contributed by atoms with Crippen molar-refractivity contribution in [2.75, 3.05) is 32.8 Å². The molecule has 0 aliphatic carbocycles. The van der Waals surface area contributed by atoms with E-state index in [0.29, 0.717) is 51.0 Å². The molecule has 12 nitrogen and oxygen atoms in total. The van der Waals surface area contributed by atoms with Crippen molar-refractivity contribution < 1.29 is 38.6 Å². The van der Waals surface area contributed by atoms with Crippen molar-refractivity contribution in [3.8, 4) is 34.5 Å². The van der Waals surface area contributed by atoms with Gasteiger partial charge in [0.15, 0.2) is 0 Å². The van der Waals surface area contributed by atoms with Crippen LogP contribution in [0.15, 0.2) is 146 Å². The fourth-order valence-corrected chi connectivity index (χ4v) is 11.8. The van der Waals surface area contributed by atoms with Gasteiger partial charge < -0.3 is 29.5 Å². The van der Waals surface area contributed by atoms with Gasteiger partial charge in [-0.05, 0) is 122 Å². The van der Waals surface area contributed by atoms with E-state index in [0.717, 1.165) is 11.1 Å². The molecule has 0 fully saturated rings. The Morgan fingerprint density at radius 3 is 1.39 bits per heavy atom. The number of hydrogen-bond acceptors (Lipinski definition) is 8. The number of aromatic hydroxyl groups is 4. The summed E-state index contributed by atoms with van der Waals surface area (Å²) in [6.07, 6.45) is 0. The molecule has 6 aromatic carbocycles. The van der Waals surface area contributed by atoms with Gasteiger partial charge in [0, 0.05) is 36.3 Å². The predicted molar refractivity (Wildman–Crippen MR) is 236 cm³/mol. The average molecular weight is 833 g/mol. The maximum atomic E-state index is 15.6. The van der Waals surface area contributed by atoms with E-state index < -0.39 is 20.8 Å². The van der Waals surface area contributed by atoms with Gasteiger partial charge in [-0.3, -0.25) is 9.34 Å². The molecule has 7 rings (SSSR count). The van der Waals surface area contributed by atoms with Crippen LogP contribution in [0.3, 0.4) is 0 Å². The molecule has 14 heteroatoms. The Labute approximate surface area is 343 Å². The second-order valence-corrected chi connectivity index (χ2v) is 19.3. The lowest BCUT2D eigenvalue weighted by atomic mass is 9.78. The molecule has 0 bridgehead atoms. The number of hydrogen-bond donors (Lipinski definition) is 4. The molecule has 1 aliphatic heterocycles. The van der Waals surface area contributed by atoms with E-state index in [2.05, 4.69) is 27.0 Å². The molecule has 0 atom stereocenters. The first-order chi connectivity index (χ1) is 27.9. The SMILES string of the molecule is C=C(C)N(c1ccc(O)cc1)P(=O)(Oc1ccc(C(C)(C)c2ccc(OP3(=O)N(C)c4ccc(O)c5c(O)ccc(c45)N3C)cc2)cc1)N(C(=C)C)c1ccc(O)cc1. The van der Waals surface area contributed by atoms with Crippen LogP contribution in [0.4, 0.5) is 22.7 Å². The maximum absolute atomic E-state index is 15.6. The molecule has 1 aliphatic rings. The summed E-state index contributed by atoms with van der Waals surface area (Å²) in [6, 6.07) is 33.4. The van der Waals surface area contributed by atoms with Crippen LogP contribution < -0.4 is 27.7 Å². The number of rotatable bonds is 12. The first kappa shape index (κ1) is 40.7. The molecule has 0 saturated heterocycles. The van der Waals surface area contributed by atoms with Crippen molar-refractivity contribution in [2.45, 2.75) is 33.1 Å². The van der Waals surface area contributed by atoms with E-state index in [4.69, 9.17) is 9.05 Å². The Hall–Kier alpha value is -6.48. The molecule has 0 unspecified atom stereocenters. The average Bonchev–Trinajstić information content (AvgIpc) is 3.19. The van der Waals surface area contributed by atoms with Crippen LogP contribution in [-0.4, -0.2) is 34.5 Å². The van der Waals surface area contributed by atoms with E-state index in [1.807, 2.05) is 24.3 Å². The second kappa shape index (κ2) is 15.0. The normalized spacial score (nSPS) is 13.5. The van der Waals surface area contributed by atoms with Crippen molar-refractivity contribution >= 4 is 48.9 Å². The third kappa shape index (κ3) is 7.09. The van der Waals surface area contributed by atoms with Crippen molar-refractivity contribution in [1.82, 2.24) is 0 Å². The van der Waals surface area contributed by atoms with Crippen LogP contribution in [0.1, 0.15) is 38.8 Å². The number of anilines is 4. The van der Waals surface area contributed by atoms with Gasteiger partial charge in [0.2, 0.25) is 0 Å². The van der Waals surface area contributed by atoms with E-state index in [9.17, 15) is 25.0 Å². The minimum atomic E-state index is -4.19. The van der Waals surface area contributed by atoms with Crippen molar-refractivity contribution in [1.29, 1.82) is 0 Å². The summed E-state index contributed by atoms with van der Waals surface area (Å²) in [4.78, 5) is 0. The fourth-order valence-electron chi connectivity index (χ4n) is 7.39. The molecular weight excluding hydrogens is 786 g/mol. The van der Waals surface area contributed by atoms with E-state index in [1.165, 1.54) is 45.7 Å². The minimum Gasteiger partial charge on any atom is -0.508 e. The quantitative estimate of drug-likeness (QED) is 0.0870. The summed E-state index contributed by atoms with van der Waals surface area (Å²) < 4.78 is 49.2. The molecule has 0 radical (unpaired) electrons. The van der Waals surface area contributed by atoms with Gasteiger partial charge in [-0.1, -0.05) is 51.3 Å². The van der Waals surface area contributed by atoms with Gasteiger partial charge in [0.1, 0.15) is 34.5 Å². The highest BCUT2D eigenvalue weighted by Gasteiger charge is 2.44. The monoisotopic (exact) mass is 832 g/mol. The first-order valence-electron chi connectivity index (χ1n) is 18.6. The summed E-state index contributed by atoms with van der Waals surface area (Å²) >= 11 is 0. The zero-order valence-corrected chi connectivity index (χ0v) is 35.4. The van der Waals surface area contributed by atoms with Gasteiger partial charge in [-0.25, -0.2) is 18.5 Å². The Bertz CT molecular complexity index is 2560. The number of allylic oxidation sites excluding steroid dienone is 2. The Balaban J connectivity index is 1.17. The Morgan fingerprint density at radius 1 is 0.610 bits per heavy atom. The zero-order valence-electron chi connectivity index (χ0n) is 33.6. The molecule has 59 heavy (non-hydrogen) atoms. The summed E-state index contributed by atoms with van der Waals surface area (Å²) in [5.74, 6) is 0.605. The van der Waals surface area contributed by atoms with Crippen LogP contribution in [0, 0.1) is 0 Å². The lowest BCUT2D eigenvalue weighted by Crippen LogP contribution is -2.33. The highest BCUT2D eigenvalue weighted by atomic mass is 31.2. The Kier molecular flexibility index (Phi) is 10.4. The largest absolute Gasteiger partial charge is 0.508 e. The lowest BCUT2D eigenvalue weighted by molar-refractivity contribution is 0.462. The third-order valence-corrected chi connectivity index (χ3v) is 15.5. The van der Waals surface area contributed by atoms with Crippen LogP contribution in [0.25, 0.3) is 10.8 Å². The molecule has 0 spiro atoms. The van der Waals surface area contributed by atoms with Crippen LogP contribution in [-0.2, 0) is 14.5 Å². The van der Waals surface area contributed by atoms with Crippen LogP contribution in [0.2, 0.25) is 0 Å². The minimum absolute atomic E-state index is 0.0383. The maximum Gasteiger partial charge on any atom is 0.457 e. The van der Waals surface area contributed by atoms with Crippen molar-refractivity contribution in [3.63, 3.8) is 0 Å². The fraction of sp³-hybridized carbons (Fsp3) is 0.156. The Morgan fingerprint density at radius 2 is 1.00 bits per heavy atom. The summed E-state index contributed by atoms with van der Waals surface area (Å²) in [5.41, 5.74) is 4.16. The molecule has 1 heterocycles. The molecule has 0 aromatic heterocycles. The number of phenols is 4. The van der Waals surface area contributed by atoms with Gasteiger partial charge in [-0.15, -0.1) is 0 Å². The molecule has 0 saturated carbocycles. The second-order valence-electron chi connectivity index (χ2n) is 15.0. The predicted octanol–water partition coefficient (Wildman–Crippen LogP) is 11.6. The highest BCUT2D eigenvalue weighted by molar-refractivity contribution is 7.63. The van der Waals surface area contributed by atoms with Crippen molar-refractivity contribution in [2.24, 2.45) is 0 Å². The van der Waals surface area contributed by atoms with Crippen LogP contribution in [0.5, 0.6) is 34.5 Å². The number of phenolic OH excluding ortho intramolecular Hbond substituents is 4. The van der Waals surface area contributed by atoms with E-state index in [-0.39, 0.29) is 28.4 Å². The van der Waals surface area contributed by atoms with E-state index in [1.54, 1.807) is 97.9 Å². The van der Waals surface area contributed by atoms with Gasteiger partial charge in [0.05, 0.1) is 28.1 Å². The van der Waals surface area contributed by atoms with Gasteiger partial charge in [-0.2, -0.15) is 0 Å². The van der Waals surface area contributed by atoms with Crippen LogP contribution >= 0.6 is 15.3 Å². The van der Waals surface area contributed by atoms with Gasteiger partial charge in [0.25, 0.3) is 0 Å². The standard InChI is InChI=1S/C45H46N4O8P2/c1-29(2)48(33-13-17-35(50)18-14-33)59(55,49(30(3)4)34-15-19-36(51)20-16-34)57-38-23-11-32(12-24-38)45(5,6)31-9-21-37(22-10-31)56-58(54)46(7)39-25-27-41(52)44-42(53)28-26-40(43(39)44)47(58)8/h9-28,50-53H,1,3H2,2,4-8H3. The van der Waals surface area contributed by atoms with E-state index >= 15 is 4.57 Å². The highest BCUT2D eigenvalue weighted by Crippen LogP contribution is 2.64. The smallest absolute Gasteiger partial charge is 0.457 e. The van der Waals surface area contributed by atoms with Crippen molar-refractivity contribution in [3.05, 3.63) is 157 Å². The summed E-state index contributed by atoms with van der Waals surface area (Å²) in [7, 11) is -4.60. The summed E-state index contributed by atoms with van der Waals surface area (Å²) in [5, 5.41) is 42.0. The molecular formula is C45H46N4O8P2. The zero-order chi connectivity index (χ0) is 42.6. The third-order valence-electron chi connectivity index (χ3n) is 10.5. The molecule has 304 valence electrons. The molecule has 4 N–H and O–H groups in total. The van der Waals surface area contributed by atoms with Gasteiger partial charge >= 0.3 is 15.3 Å². The lowest BCUT2D eigenvalue weighted by Gasteiger charge is -2.41. The molecule has 6 aromatic rings. The first-order valence-corrected chi connectivity index (χ1v) is 21.7. The molecule has 0 amide bonds. The number of benzene rings is 6. The topological polar surface area (TPSA) is 146 Å². The summed E-state index contributed by atoms with van der Waals surface area (Å²) in [6.45, 7) is 15.8. The number of nitrogens with zero attached hydrogens (tertiary/aromatic N) is 4.